The van der Waals surface area contributed by atoms with Crippen LogP contribution in [0.2, 0.25) is 0 Å². The second-order valence-corrected chi connectivity index (χ2v) is 6.83. The maximum Gasteiger partial charge on any atom is 0.266 e. The van der Waals surface area contributed by atoms with E-state index < -0.39 is 17.9 Å². The maximum atomic E-state index is 13.0. The summed E-state index contributed by atoms with van der Waals surface area (Å²) >= 11 is 0. The van der Waals surface area contributed by atoms with Gasteiger partial charge in [0.1, 0.15) is 18.6 Å². The Labute approximate surface area is 163 Å². The molecule has 2 amide bonds. The number of morpholine rings is 1. The molecular formula is C20H24N2O6. The first-order valence-corrected chi connectivity index (χ1v) is 9.42. The highest BCUT2D eigenvalue weighted by molar-refractivity contribution is 6.24. The van der Waals surface area contributed by atoms with Crippen molar-refractivity contribution in [2.45, 2.75) is 25.8 Å². The van der Waals surface area contributed by atoms with Crippen molar-refractivity contribution in [3.8, 4) is 5.75 Å². The largest absolute Gasteiger partial charge is 0.491 e. The zero-order valence-electron chi connectivity index (χ0n) is 15.9. The number of hydrogen-bond donors (Lipinski definition) is 0. The Morgan fingerprint density at radius 3 is 2.68 bits per heavy atom. The van der Waals surface area contributed by atoms with Crippen molar-refractivity contribution < 1.29 is 28.7 Å². The minimum Gasteiger partial charge on any atom is -0.491 e. The van der Waals surface area contributed by atoms with Gasteiger partial charge in [-0.15, -0.1) is 0 Å². The molecule has 0 radical (unpaired) electrons. The first-order chi connectivity index (χ1) is 13.5. The van der Waals surface area contributed by atoms with Crippen LogP contribution in [0.25, 0.3) is 0 Å². The normalized spacial score (nSPS) is 18.1. The first-order valence-electron chi connectivity index (χ1n) is 9.42. The summed E-state index contributed by atoms with van der Waals surface area (Å²) in [5.74, 6) is -1.06. The number of rotatable bonds is 9. The summed E-state index contributed by atoms with van der Waals surface area (Å²) < 4.78 is 11.1. The summed E-state index contributed by atoms with van der Waals surface area (Å²) in [4.78, 5) is 51.6. The molecule has 0 bridgehead atoms. The molecule has 1 aromatic rings. The topological polar surface area (TPSA) is 93.2 Å². The van der Waals surface area contributed by atoms with Gasteiger partial charge in [0, 0.05) is 26.1 Å². The highest BCUT2D eigenvalue weighted by Gasteiger charge is 2.43. The average molecular weight is 388 g/mol. The van der Waals surface area contributed by atoms with E-state index in [1.54, 1.807) is 18.2 Å². The van der Waals surface area contributed by atoms with Crippen LogP contribution in [0.5, 0.6) is 5.75 Å². The lowest BCUT2D eigenvalue weighted by Gasteiger charge is -2.26. The monoisotopic (exact) mass is 388 g/mol. The number of nitrogens with zero attached hydrogens (tertiary/aromatic N) is 2. The molecule has 2 aliphatic rings. The van der Waals surface area contributed by atoms with Gasteiger partial charge in [-0.3, -0.25) is 24.2 Å². The molecule has 1 aromatic carbocycles. The number of carbonyl (C=O) groups excluding carboxylic acids is 4. The fraction of sp³-hybridized carbons (Fsp3) is 0.500. The lowest BCUT2D eigenvalue weighted by atomic mass is 10.1. The number of ketones is 1. The van der Waals surface area contributed by atoms with Crippen molar-refractivity contribution in [1.82, 2.24) is 9.80 Å². The summed E-state index contributed by atoms with van der Waals surface area (Å²) in [5, 5.41) is 0. The summed E-state index contributed by atoms with van der Waals surface area (Å²) in [5.41, 5.74) is 0.415. The van der Waals surface area contributed by atoms with E-state index in [-0.39, 0.29) is 29.8 Å². The van der Waals surface area contributed by atoms with E-state index in [0.717, 1.165) is 18.0 Å². The van der Waals surface area contributed by atoms with Crippen molar-refractivity contribution in [3.05, 3.63) is 29.3 Å². The van der Waals surface area contributed by atoms with Gasteiger partial charge in [-0.1, -0.05) is 6.07 Å². The van der Waals surface area contributed by atoms with Crippen LogP contribution in [0.3, 0.4) is 0 Å². The van der Waals surface area contributed by atoms with Crippen LogP contribution in [0.15, 0.2) is 18.2 Å². The van der Waals surface area contributed by atoms with Crippen molar-refractivity contribution in [3.63, 3.8) is 0 Å². The van der Waals surface area contributed by atoms with Crippen molar-refractivity contribution in [1.29, 1.82) is 0 Å². The zero-order chi connectivity index (χ0) is 20.1. The highest BCUT2D eigenvalue weighted by atomic mass is 16.5. The second kappa shape index (κ2) is 9.07. The van der Waals surface area contributed by atoms with Gasteiger partial charge in [0.25, 0.3) is 11.8 Å². The van der Waals surface area contributed by atoms with Gasteiger partial charge in [-0.25, -0.2) is 0 Å². The fourth-order valence-electron chi connectivity index (χ4n) is 3.53. The molecule has 1 atom stereocenters. The van der Waals surface area contributed by atoms with Crippen LogP contribution in [0.1, 0.15) is 40.5 Å². The Balaban J connectivity index is 1.75. The maximum absolute atomic E-state index is 13.0. The number of benzene rings is 1. The number of carbonyl (C=O) groups is 4. The van der Waals surface area contributed by atoms with Gasteiger partial charge in [-0.05, 0) is 25.5 Å². The molecule has 2 aliphatic heterocycles. The van der Waals surface area contributed by atoms with Crippen LogP contribution in [0, 0.1) is 0 Å². The molecule has 8 heteroatoms. The fourth-order valence-corrected chi connectivity index (χ4v) is 3.53. The quantitative estimate of drug-likeness (QED) is 0.459. The smallest absolute Gasteiger partial charge is 0.266 e. The molecule has 1 fully saturated rings. The van der Waals surface area contributed by atoms with Crippen LogP contribution in [-0.2, 0) is 14.3 Å². The van der Waals surface area contributed by atoms with E-state index in [9.17, 15) is 19.2 Å². The van der Waals surface area contributed by atoms with Crippen molar-refractivity contribution in [2.75, 3.05) is 39.5 Å². The number of hydrogen-bond acceptors (Lipinski definition) is 7. The van der Waals surface area contributed by atoms with Gasteiger partial charge >= 0.3 is 0 Å². The molecule has 150 valence electrons. The standard InChI is InChI=1S/C20H24N2O6/c1-14(24)16(5-3-10-23)22-19(25)15-4-2-6-17(18(15)20(22)26)28-13-9-21-7-11-27-12-8-21/h2,4,6,10,16H,3,5,7-9,11-13H2,1H3. The zero-order valence-corrected chi connectivity index (χ0v) is 15.9. The van der Waals surface area contributed by atoms with E-state index in [4.69, 9.17) is 9.47 Å². The molecule has 2 heterocycles. The molecule has 0 spiro atoms. The Bertz CT molecular complexity index is 772. The third kappa shape index (κ3) is 4.13. The minimum atomic E-state index is -0.946. The van der Waals surface area contributed by atoms with Gasteiger partial charge in [0.05, 0.1) is 30.4 Å². The molecule has 1 saturated heterocycles. The third-order valence-corrected chi connectivity index (χ3v) is 5.02. The Hall–Kier alpha value is -2.58. The molecule has 8 nitrogen and oxygen atoms in total. The van der Waals surface area contributed by atoms with E-state index in [0.29, 0.717) is 38.4 Å². The number of imide groups is 1. The second-order valence-electron chi connectivity index (χ2n) is 6.83. The lowest BCUT2D eigenvalue weighted by molar-refractivity contribution is -0.121. The predicted molar refractivity (Wildman–Crippen MR) is 99.5 cm³/mol. The van der Waals surface area contributed by atoms with Crippen LogP contribution in [0.4, 0.5) is 0 Å². The third-order valence-electron chi connectivity index (χ3n) is 5.02. The van der Waals surface area contributed by atoms with Crippen molar-refractivity contribution >= 4 is 23.9 Å². The highest BCUT2D eigenvalue weighted by Crippen LogP contribution is 2.33. The number of amides is 2. The lowest BCUT2D eigenvalue weighted by Crippen LogP contribution is -2.44. The van der Waals surface area contributed by atoms with Crippen LogP contribution >= 0.6 is 0 Å². The number of Topliss-reactive ketones (excluding diaryl/α,β-unsaturated/α-hetero) is 1. The van der Waals surface area contributed by atoms with E-state index in [1.807, 2.05) is 0 Å². The molecule has 28 heavy (non-hydrogen) atoms. The molecule has 3 rings (SSSR count). The van der Waals surface area contributed by atoms with Gasteiger partial charge in [0.2, 0.25) is 0 Å². The number of fused-ring (bicyclic) bond motifs is 1. The van der Waals surface area contributed by atoms with E-state index >= 15 is 0 Å². The summed E-state index contributed by atoms with van der Waals surface area (Å²) in [6.45, 7) is 5.43. The van der Waals surface area contributed by atoms with Crippen molar-refractivity contribution in [2.24, 2.45) is 0 Å². The SMILES string of the molecule is CC(=O)C(CCC=O)N1C(=O)c2cccc(OCCN3CCOCC3)c2C1=O. The van der Waals surface area contributed by atoms with E-state index in [2.05, 4.69) is 4.90 Å². The molecule has 0 saturated carbocycles. The summed E-state index contributed by atoms with van der Waals surface area (Å²) in [6.07, 6.45) is 0.895. The predicted octanol–water partition coefficient (Wildman–Crippen LogP) is 0.930. The van der Waals surface area contributed by atoms with Crippen LogP contribution < -0.4 is 4.74 Å². The van der Waals surface area contributed by atoms with Gasteiger partial charge in [-0.2, -0.15) is 0 Å². The molecular weight excluding hydrogens is 364 g/mol. The first kappa shape index (κ1) is 20.2. The Kier molecular flexibility index (Phi) is 6.53. The molecule has 0 aliphatic carbocycles. The number of ether oxygens (including phenoxy) is 2. The average Bonchev–Trinajstić information content (AvgIpc) is 2.95. The Morgan fingerprint density at radius 1 is 1.25 bits per heavy atom. The molecule has 0 aromatic heterocycles. The van der Waals surface area contributed by atoms with Gasteiger partial charge < -0.3 is 14.3 Å². The molecule has 0 N–H and O–H groups in total. The summed E-state index contributed by atoms with van der Waals surface area (Å²) in [7, 11) is 0. The summed E-state index contributed by atoms with van der Waals surface area (Å²) in [6, 6.07) is 3.92. The number of aldehydes is 1. The van der Waals surface area contributed by atoms with Crippen LogP contribution in [-0.4, -0.2) is 79.2 Å². The van der Waals surface area contributed by atoms with E-state index in [1.165, 1.54) is 6.92 Å². The molecule has 1 unspecified atom stereocenters. The van der Waals surface area contributed by atoms with Gasteiger partial charge in [0.15, 0.2) is 5.78 Å². The minimum absolute atomic E-state index is 0.0978. The Morgan fingerprint density at radius 2 is 2.00 bits per heavy atom.